The van der Waals surface area contributed by atoms with Crippen LogP contribution in [0.25, 0.3) is 0 Å². The molecule has 3 heterocycles. The van der Waals surface area contributed by atoms with Crippen LogP contribution in [0.5, 0.6) is 11.5 Å². The van der Waals surface area contributed by atoms with Gasteiger partial charge in [-0.15, -0.1) is 0 Å². The summed E-state index contributed by atoms with van der Waals surface area (Å²) in [6.07, 6.45) is 0. The van der Waals surface area contributed by atoms with E-state index in [0.29, 0.717) is 23.1 Å². The molecule has 2 atom stereocenters. The van der Waals surface area contributed by atoms with Gasteiger partial charge >= 0.3 is 5.97 Å². The quantitative estimate of drug-likeness (QED) is 0.879. The van der Waals surface area contributed by atoms with Crippen LogP contribution >= 0.6 is 0 Å². The van der Waals surface area contributed by atoms with Crippen LogP contribution in [0.4, 0.5) is 0 Å². The summed E-state index contributed by atoms with van der Waals surface area (Å²) in [7, 11) is 1.56. The minimum absolute atomic E-state index is 0.00857. The van der Waals surface area contributed by atoms with Crippen molar-refractivity contribution in [2.75, 3.05) is 26.8 Å². The van der Waals surface area contributed by atoms with Gasteiger partial charge in [0.15, 0.2) is 5.89 Å². The van der Waals surface area contributed by atoms with Crippen molar-refractivity contribution in [3.8, 4) is 11.5 Å². The number of carbonyl (C=O) groups excluding carboxylic acids is 1. The van der Waals surface area contributed by atoms with Gasteiger partial charge in [-0.05, 0) is 13.0 Å². The van der Waals surface area contributed by atoms with E-state index in [1.54, 1.807) is 33.1 Å². The number of amides is 1. The zero-order valence-electron chi connectivity index (χ0n) is 15.3. The minimum Gasteiger partial charge on any atom is -0.497 e. The van der Waals surface area contributed by atoms with E-state index in [1.165, 1.54) is 4.90 Å². The molecule has 0 aliphatic carbocycles. The first-order valence-electron chi connectivity index (χ1n) is 8.63. The molecule has 2 aromatic rings. The molecular formula is C19H20N2O6. The summed E-state index contributed by atoms with van der Waals surface area (Å²) in [6, 6.07) is 5.33. The number of carboxylic acids is 1. The van der Waals surface area contributed by atoms with Gasteiger partial charge in [-0.25, -0.2) is 4.98 Å². The van der Waals surface area contributed by atoms with Crippen LogP contribution < -0.4 is 9.47 Å². The van der Waals surface area contributed by atoms with Crippen molar-refractivity contribution >= 4 is 11.9 Å². The Morgan fingerprint density at radius 3 is 2.78 bits per heavy atom. The Bertz CT molecular complexity index is 936. The van der Waals surface area contributed by atoms with Crippen LogP contribution in [-0.2, 0) is 4.79 Å². The smallest absolute Gasteiger partial charge is 0.315 e. The molecule has 0 saturated carbocycles. The Balaban J connectivity index is 1.72. The molecule has 1 aromatic heterocycles. The number of hydrogen-bond donors (Lipinski definition) is 1. The van der Waals surface area contributed by atoms with Gasteiger partial charge in [-0.3, -0.25) is 9.59 Å². The number of carbonyl (C=O) groups is 2. The lowest BCUT2D eigenvalue weighted by molar-refractivity contribution is -0.151. The third-order valence-electron chi connectivity index (χ3n) is 5.44. The molecule has 0 spiro atoms. The number of methoxy groups -OCH3 is 1. The summed E-state index contributed by atoms with van der Waals surface area (Å²) in [5, 5.41) is 9.98. The number of benzene rings is 1. The molecule has 27 heavy (non-hydrogen) atoms. The molecule has 0 unspecified atom stereocenters. The number of hydrogen-bond acceptors (Lipinski definition) is 6. The molecule has 8 nitrogen and oxygen atoms in total. The molecule has 1 N–H and O–H groups in total. The highest BCUT2D eigenvalue weighted by atomic mass is 16.5. The maximum Gasteiger partial charge on any atom is 0.315 e. The van der Waals surface area contributed by atoms with E-state index >= 15 is 0 Å². The topological polar surface area (TPSA) is 102 Å². The van der Waals surface area contributed by atoms with E-state index in [9.17, 15) is 14.7 Å². The van der Waals surface area contributed by atoms with E-state index in [4.69, 9.17) is 13.9 Å². The number of oxazole rings is 1. The predicted molar refractivity (Wildman–Crippen MR) is 93.2 cm³/mol. The summed E-state index contributed by atoms with van der Waals surface area (Å²) >= 11 is 0. The third kappa shape index (κ3) is 2.55. The molecule has 0 bridgehead atoms. The minimum atomic E-state index is -1.19. The van der Waals surface area contributed by atoms with Crippen LogP contribution in [0.3, 0.4) is 0 Å². The van der Waals surface area contributed by atoms with Crippen LogP contribution in [-0.4, -0.2) is 53.7 Å². The maximum absolute atomic E-state index is 12.9. The van der Waals surface area contributed by atoms with Crippen LogP contribution in [0.2, 0.25) is 0 Å². The Morgan fingerprint density at radius 2 is 2.15 bits per heavy atom. The molecule has 2 aliphatic heterocycles. The van der Waals surface area contributed by atoms with Crippen molar-refractivity contribution in [2.45, 2.75) is 19.8 Å². The highest BCUT2D eigenvalue weighted by molar-refractivity contribution is 5.94. The fourth-order valence-electron chi connectivity index (χ4n) is 4.02. The predicted octanol–water partition coefficient (Wildman–Crippen LogP) is 2.00. The van der Waals surface area contributed by atoms with Crippen molar-refractivity contribution < 1.29 is 28.6 Å². The second-order valence-corrected chi connectivity index (χ2v) is 7.04. The molecule has 2 aliphatic rings. The number of fused-ring (bicyclic) bond motifs is 3. The van der Waals surface area contributed by atoms with E-state index in [2.05, 4.69) is 4.98 Å². The normalized spacial score (nSPS) is 23.4. The molecule has 8 heteroatoms. The zero-order valence-corrected chi connectivity index (χ0v) is 15.3. The molecule has 4 rings (SSSR count). The number of nitrogens with zero attached hydrogens (tertiary/aromatic N) is 2. The van der Waals surface area contributed by atoms with E-state index in [0.717, 1.165) is 5.56 Å². The highest BCUT2D eigenvalue weighted by Crippen LogP contribution is 2.50. The molecule has 1 aromatic carbocycles. The molecule has 1 amide bonds. The first kappa shape index (κ1) is 17.4. The van der Waals surface area contributed by atoms with Gasteiger partial charge in [0.25, 0.3) is 5.91 Å². The Hall–Kier alpha value is -3.03. The van der Waals surface area contributed by atoms with Gasteiger partial charge < -0.3 is 23.9 Å². The van der Waals surface area contributed by atoms with E-state index in [-0.39, 0.29) is 37.3 Å². The van der Waals surface area contributed by atoms with Crippen LogP contribution in [0.1, 0.15) is 33.6 Å². The lowest BCUT2D eigenvalue weighted by Crippen LogP contribution is -2.46. The number of likely N-dealkylation sites (tertiary alicyclic amines) is 1. The van der Waals surface area contributed by atoms with Crippen molar-refractivity contribution in [2.24, 2.45) is 5.41 Å². The van der Waals surface area contributed by atoms with E-state index < -0.39 is 11.4 Å². The van der Waals surface area contributed by atoms with Crippen molar-refractivity contribution in [3.05, 3.63) is 41.1 Å². The largest absolute Gasteiger partial charge is 0.497 e. The standard InChI is InChI=1S/C19H20N2O6/c1-10-16(27-11(2)20-10)17(22)21-7-14-13-5-4-12(25-3)6-15(13)26-9-19(14,8-21)18(23)24/h4-6,14H,7-9H2,1-3H3,(H,23,24)/t14-,19-/m0/s1. The molecule has 0 radical (unpaired) electrons. The van der Waals surface area contributed by atoms with Gasteiger partial charge in [-0.2, -0.15) is 0 Å². The maximum atomic E-state index is 12.9. The molecular weight excluding hydrogens is 352 g/mol. The summed E-state index contributed by atoms with van der Waals surface area (Å²) in [6.45, 7) is 3.68. The van der Waals surface area contributed by atoms with Gasteiger partial charge in [0.2, 0.25) is 5.76 Å². The third-order valence-corrected chi connectivity index (χ3v) is 5.44. The number of ether oxygens (including phenoxy) is 2. The lowest BCUT2D eigenvalue weighted by atomic mass is 9.73. The van der Waals surface area contributed by atoms with Crippen LogP contribution in [0.15, 0.2) is 22.6 Å². The van der Waals surface area contributed by atoms with Gasteiger partial charge in [-0.1, -0.05) is 6.07 Å². The monoisotopic (exact) mass is 372 g/mol. The Morgan fingerprint density at radius 1 is 1.37 bits per heavy atom. The number of aliphatic carboxylic acids is 1. The van der Waals surface area contributed by atoms with E-state index in [1.807, 2.05) is 6.07 Å². The fourth-order valence-corrected chi connectivity index (χ4v) is 4.02. The number of rotatable bonds is 3. The zero-order chi connectivity index (χ0) is 19.3. The summed E-state index contributed by atoms with van der Waals surface area (Å²) in [5.41, 5.74) is 0.0728. The average Bonchev–Trinajstić information content (AvgIpc) is 3.21. The molecule has 1 fully saturated rings. The second-order valence-electron chi connectivity index (χ2n) is 7.04. The lowest BCUT2D eigenvalue weighted by Gasteiger charge is -2.35. The van der Waals surface area contributed by atoms with Crippen LogP contribution in [0, 0.1) is 19.3 Å². The van der Waals surface area contributed by atoms with Crippen molar-refractivity contribution in [1.82, 2.24) is 9.88 Å². The summed E-state index contributed by atoms with van der Waals surface area (Å²) < 4.78 is 16.4. The first-order valence-corrected chi connectivity index (χ1v) is 8.63. The number of aromatic nitrogens is 1. The molecule has 142 valence electrons. The summed E-state index contributed by atoms with van der Waals surface area (Å²) in [5.74, 6) is 0.0853. The molecule has 1 saturated heterocycles. The Labute approximate surface area is 155 Å². The number of carboxylic acid groups (broad SMARTS) is 1. The fraction of sp³-hybridized carbons (Fsp3) is 0.421. The average molecular weight is 372 g/mol. The first-order chi connectivity index (χ1) is 12.9. The van der Waals surface area contributed by atoms with Gasteiger partial charge in [0, 0.05) is 37.6 Å². The van der Waals surface area contributed by atoms with Gasteiger partial charge in [0.05, 0.1) is 12.8 Å². The highest BCUT2D eigenvalue weighted by Gasteiger charge is 2.58. The second kappa shape index (κ2) is 6.00. The Kier molecular flexibility index (Phi) is 3.87. The van der Waals surface area contributed by atoms with Crippen molar-refractivity contribution in [1.29, 1.82) is 0 Å². The van der Waals surface area contributed by atoms with Gasteiger partial charge in [0.1, 0.15) is 23.5 Å². The van der Waals surface area contributed by atoms with Crippen molar-refractivity contribution in [3.63, 3.8) is 0 Å². The summed E-state index contributed by atoms with van der Waals surface area (Å²) in [4.78, 5) is 30.8. The number of aryl methyl sites for hydroxylation is 2. The SMILES string of the molecule is COc1ccc2c(c1)OC[C@@]1(C(=O)O)CN(C(=O)c3oc(C)nc3C)C[C@@H]21.